The van der Waals surface area contributed by atoms with Crippen LogP contribution in [0.5, 0.6) is 5.75 Å². The van der Waals surface area contributed by atoms with E-state index < -0.39 is 11.7 Å². The number of carbonyl (C=O) groups excluding carboxylic acids is 1. The first-order valence-electron chi connectivity index (χ1n) is 7.89. The standard InChI is InChI=1S/C18H23ClN2O3/c1-17(2,3)24-16(22)21-14-9-15(18(14,4)5)23-12-7-6-11(10-20)13(19)8-12/h6-8,14-15H,9H2,1-5H3,(H,21,22). The topological polar surface area (TPSA) is 71.3 Å². The van der Waals surface area contributed by atoms with Gasteiger partial charge in [-0.2, -0.15) is 5.26 Å². The molecule has 1 N–H and O–H groups in total. The van der Waals surface area contributed by atoms with Crippen molar-refractivity contribution in [2.24, 2.45) is 5.41 Å². The van der Waals surface area contributed by atoms with Crippen molar-refractivity contribution in [2.45, 2.75) is 58.8 Å². The molecule has 130 valence electrons. The SMILES string of the molecule is CC(C)(C)OC(=O)NC1CC(Oc2ccc(C#N)c(Cl)c2)C1(C)C. The van der Waals surface area contributed by atoms with Crippen molar-refractivity contribution in [3.05, 3.63) is 28.8 Å². The maximum absolute atomic E-state index is 11.9. The minimum atomic E-state index is -0.521. The van der Waals surface area contributed by atoms with Gasteiger partial charge in [-0.1, -0.05) is 25.4 Å². The van der Waals surface area contributed by atoms with E-state index in [-0.39, 0.29) is 17.6 Å². The molecule has 1 amide bonds. The molecule has 1 aliphatic carbocycles. The zero-order valence-electron chi connectivity index (χ0n) is 14.6. The highest BCUT2D eigenvalue weighted by Gasteiger charge is 2.51. The molecule has 5 nitrogen and oxygen atoms in total. The lowest BCUT2D eigenvalue weighted by molar-refractivity contribution is -0.0569. The minimum Gasteiger partial charge on any atom is -0.490 e. The summed E-state index contributed by atoms with van der Waals surface area (Å²) >= 11 is 6.03. The summed E-state index contributed by atoms with van der Waals surface area (Å²) in [6.07, 6.45) is 0.214. The van der Waals surface area contributed by atoms with Gasteiger partial charge in [0.2, 0.25) is 0 Å². The summed E-state index contributed by atoms with van der Waals surface area (Å²) in [7, 11) is 0. The van der Waals surface area contributed by atoms with E-state index in [4.69, 9.17) is 26.3 Å². The van der Waals surface area contributed by atoms with Crippen LogP contribution >= 0.6 is 11.6 Å². The van der Waals surface area contributed by atoms with Gasteiger partial charge in [-0.05, 0) is 32.9 Å². The van der Waals surface area contributed by atoms with E-state index in [1.54, 1.807) is 18.2 Å². The molecule has 6 heteroatoms. The van der Waals surface area contributed by atoms with Gasteiger partial charge in [0.25, 0.3) is 0 Å². The van der Waals surface area contributed by atoms with Crippen LogP contribution in [0.4, 0.5) is 4.79 Å². The molecular formula is C18H23ClN2O3. The van der Waals surface area contributed by atoms with Crippen LogP contribution in [0, 0.1) is 16.7 Å². The summed E-state index contributed by atoms with van der Waals surface area (Å²) in [5.74, 6) is 0.618. The number of hydrogen-bond donors (Lipinski definition) is 1. The van der Waals surface area contributed by atoms with Gasteiger partial charge in [0.15, 0.2) is 0 Å². The molecule has 1 fully saturated rings. The number of halogens is 1. The number of nitrogens with one attached hydrogen (secondary N) is 1. The number of benzene rings is 1. The maximum atomic E-state index is 11.9. The average molecular weight is 351 g/mol. The Kier molecular flexibility index (Phi) is 5.00. The zero-order valence-corrected chi connectivity index (χ0v) is 15.4. The third-order valence-electron chi connectivity index (χ3n) is 4.21. The lowest BCUT2D eigenvalue weighted by atomic mass is 9.64. The lowest BCUT2D eigenvalue weighted by Gasteiger charge is -2.51. The number of alkyl carbamates (subject to hydrolysis) is 1. The molecule has 0 bridgehead atoms. The van der Waals surface area contributed by atoms with Crippen molar-refractivity contribution in [2.75, 3.05) is 0 Å². The van der Waals surface area contributed by atoms with E-state index >= 15 is 0 Å². The largest absolute Gasteiger partial charge is 0.490 e. The van der Waals surface area contributed by atoms with Crippen LogP contribution in [-0.4, -0.2) is 23.8 Å². The summed E-state index contributed by atoms with van der Waals surface area (Å²) < 4.78 is 11.3. The van der Waals surface area contributed by atoms with Crippen LogP contribution in [0.15, 0.2) is 18.2 Å². The van der Waals surface area contributed by atoms with Crippen molar-refractivity contribution in [3.8, 4) is 11.8 Å². The monoisotopic (exact) mass is 350 g/mol. The molecule has 2 atom stereocenters. The van der Waals surface area contributed by atoms with Crippen LogP contribution in [0.1, 0.15) is 46.6 Å². The van der Waals surface area contributed by atoms with Gasteiger partial charge in [-0.25, -0.2) is 4.79 Å². The van der Waals surface area contributed by atoms with E-state index in [1.165, 1.54) is 0 Å². The maximum Gasteiger partial charge on any atom is 0.407 e. The minimum absolute atomic E-state index is 0.0220. The molecule has 2 rings (SSSR count). The Morgan fingerprint density at radius 3 is 2.58 bits per heavy atom. The Balaban J connectivity index is 1.95. The number of ether oxygens (including phenoxy) is 2. The highest BCUT2D eigenvalue weighted by molar-refractivity contribution is 6.31. The number of amides is 1. The van der Waals surface area contributed by atoms with E-state index in [2.05, 4.69) is 5.32 Å². The second kappa shape index (κ2) is 6.52. The van der Waals surface area contributed by atoms with Crippen molar-refractivity contribution < 1.29 is 14.3 Å². The summed E-state index contributed by atoms with van der Waals surface area (Å²) in [6.45, 7) is 9.57. The Morgan fingerprint density at radius 1 is 1.42 bits per heavy atom. The van der Waals surface area contributed by atoms with Gasteiger partial charge in [0.1, 0.15) is 23.5 Å². The smallest absolute Gasteiger partial charge is 0.407 e. The lowest BCUT2D eigenvalue weighted by Crippen LogP contribution is -2.63. The molecule has 24 heavy (non-hydrogen) atoms. The molecule has 0 aromatic heterocycles. The van der Waals surface area contributed by atoms with Crippen LogP contribution in [0.2, 0.25) is 5.02 Å². The Hall–Kier alpha value is -1.93. The summed E-state index contributed by atoms with van der Waals surface area (Å²) in [5.41, 5.74) is -0.342. The van der Waals surface area contributed by atoms with Gasteiger partial charge in [-0.3, -0.25) is 0 Å². The first kappa shape index (κ1) is 18.4. The van der Waals surface area contributed by atoms with Crippen LogP contribution in [0.25, 0.3) is 0 Å². The van der Waals surface area contributed by atoms with Gasteiger partial charge in [-0.15, -0.1) is 0 Å². The zero-order chi connectivity index (χ0) is 18.1. The van der Waals surface area contributed by atoms with Crippen molar-refractivity contribution >= 4 is 17.7 Å². The van der Waals surface area contributed by atoms with Crippen LogP contribution in [-0.2, 0) is 4.74 Å². The number of nitriles is 1. The number of nitrogens with zero attached hydrogens (tertiary/aromatic N) is 1. The first-order valence-corrected chi connectivity index (χ1v) is 8.26. The predicted octanol–water partition coefficient (Wildman–Crippen LogP) is 4.28. The number of hydrogen-bond acceptors (Lipinski definition) is 4. The molecule has 0 heterocycles. The predicted molar refractivity (Wildman–Crippen MR) is 92.1 cm³/mol. The number of carbonyl (C=O) groups is 1. The first-order chi connectivity index (χ1) is 11.0. The molecule has 2 unspecified atom stereocenters. The molecule has 1 aliphatic rings. The van der Waals surface area contributed by atoms with E-state index in [9.17, 15) is 4.79 Å². The molecule has 0 radical (unpaired) electrons. The third kappa shape index (κ3) is 4.12. The van der Waals surface area contributed by atoms with Crippen molar-refractivity contribution in [1.29, 1.82) is 5.26 Å². The summed E-state index contributed by atoms with van der Waals surface area (Å²) in [6, 6.07) is 7.01. The van der Waals surface area contributed by atoms with Crippen molar-refractivity contribution in [1.82, 2.24) is 5.32 Å². The molecule has 1 aromatic carbocycles. The highest BCUT2D eigenvalue weighted by Crippen LogP contribution is 2.43. The van der Waals surface area contributed by atoms with E-state index in [1.807, 2.05) is 40.7 Å². The Morgan fingerprint density at radius 2 is 2.08 bits per heavy atom. The second-order valence-corrected chi connectivity index (χ2v) is 8.02. The molecular weight excluding hydrogens is 328 g/mol. The summed E-state index contributed by atoms with van der Waals surface area (Å²) in [4.78, 5) is 11.9. The van der Waals surface area contributed by atoms with Gasteiger partial charge in [0, 0.05) is 23.9 Å². The molecule has 0 spiro atoms. The van der Waals surface area contributed by atoms with E-state index in [0.717, 1.165) is 0 Å². The average Bonchev–Trinajstić information content (AvgIpc) is 2.44. The quantitative estimate of drug-likeness (QED) is 0.883. The Bertz CT molecular complexity index is 674. The van der Waals surface area contributed by atoms with Gasteiger partial charge < -0.3 is 14.8 Å². The molecule has 1 aromatic rings. The molecule has 0 saturated heterocycles. The van der Waals surface area contributed by atoms with Crippen molar-refractivity contribution in [3.63, 3.8) is 0 Å². The fourth-order valence-corrected chi connectivity index (χ4v) is 2.82. The third-order valence-corrected chi connectivity index (χ3v) is 4.52. The highest BCUT2D eigenvalue weighted by atomic mass is 35.5. The van der Waals surface area contributed by atoms with E-state index in [0.29, 0.717) is 22.8 Å². The fraction of sp³-hybridized carbons (Fsp3) is 0.556. The van der Waals surface area contributed by atoms with Gasteiger partial charge >= 0.3 is 6.09 Å². The van der Waals surface area contributed by atoms with Gasteiger partial charge in [0.05, 0.1) is 10.6 Å². The number of rotatable bonds is 3. The molecule has 1 saturated carbocycles. The Labute approximate surface area is 147 Å². The molecule has 0 aliphatic heterocycles. The normalized spacial score (nSPS) is 22.0. The fourth-order valence-electron chi connectivity index (χ4n) is 2.60. The second-order valence-electron chi connectivity index (χ2n) is 7.62. The van der Waals surface area contributed by atoms with Crippen LogP contribution < -0.4 is 10.1 Å². The van der Waals surface area contributed by atoms with Crippen LogP contribution in [0.3, 0.4) is 0 Å². The summed E-state index contributed by atoms with van der Waals surface area (Å²) in [5, 5.41) is 12.2.